The van der Waals surface area contributed by atoms with Crippen molar-refractivity contribution in [2.75, 3.05) is 6.61 Å². The maximum Gasteiger partial charge on any atom is 0.242 e. The van der Waals surface area contributed by atoms with E-state index in [1.165, 1.54) is 6.92 Å². The number of halogens is 1. The number of nitrogens with one attached hydrogen (secondary N) is 1. The average Bonchev–Trinajstić information content (AvgIpc) is 2.47. The second kappa shape index (κ2) is 6.95. The van der Waals surface area contributed by atoms with Crippen LogP contribution in [-0.4, -0.2) is 31.2 Å². The van der Waals surface area contributed by atoms with Crippen molar-refractivity contribution in [3.05, 3.63) is 59.7 Å². The van der Waals surface area contributed by atoms with Crippen molar-refractivity contribution in [3.63, 3.8) is 0 Å². The van der Waals surface area contributed by atoms with E-state index in [1.54, 1.807) is 0 Å². The van der Waals surface area contributed by atoms with Gasteiger partial charge in [0.2, 0.25) is 16.0 Å². The minimum atomic E-state index is -3.88. The lowest BCUT2D eigenvalue weighted by atomic mass is 10.1. The Morgan fingerprint density at radius 1 is 1.32 bits per heavy atom. The van der Waals surface area contributed by atoms with Crippen molar-refractivity contribution in [2.45, 2.75) is 24.3 Å². The smallest absolute Gasteiger partial charge is 0.242 e. The van der Waals surface area contributed by atoms with Crippen molar-refractivity contribution < 1.29 is 17.9 Å². The third-order valence-electron chi connectivity index (χ3n) is 3.19. The first kappa shape index (κ1) is 16.5. The Morgan fingerprint density at radius 3 is 2.59 bits per heavy atom. The molecule has 2 rings (SSSR count). The fraction of sp³-hybridized carbons (Fsp3) is 0.267. The largest absolute Gasteiger partial charge is 0.395 e. The lowest BCUT2D eigenvalue weighted by molar-refractivity contribution is 0.256. The number of nitrogens with zero attached hydrogens (tertiary/aromatic N) is 1. The molecule has 1 aromatic heterocycles. The SMILES string of the molecule is Cc1cc(F)ncc1S(=O)(=O)NC(CO)Cc1ccccc1. The number of aryl methyl sites for hydroxylation is 1. The summed E-state index contributed by atoms with van der Waals surface area (Å²) in [7, 11) is -3.88. The number of pyridine rings is 1. The molecule has 0 bridgehead atoms. The van der Waals surface area contributed by atoms with Crippen LogP contribution in [0.15, 0.2) is 47.5 Å². The van der Waals surface area contributed by atoms with Gasteiger partial charge in [0.15, 0.2) is 0 Å². The van der Waals surface area contributed by atoms with Gasteiger partial charge in [0.25, 0.3) is 0 Å². The van der Waals surface area contributed by atoms with Gasteiger partial charge >= 0.3 is 0 Å². The van der Waals surface area contributed by atoms with E-state index < -0.39 is 22.0 Å². The number of aromatic nitrogens is 1. The highest BCUT2D eigenvalue weighted by Gasteiger charge is 2.22. The Balaban J connectivity index is 2.18. The molecule has 22 heavy (non-hydrogen) atoms. The zero-order valence-electron chi connectivity index (χ0n) is 12.0. The molecular weight excluding hydrogens is 307 g/mol. The van der Waals surface area contributed by atoms with Crippen LogP contribution in [0.5, 0.6) is 0 Å². The van der Waals surface area contributed by atoms with Crippen molar-refractivity contribution in [3.8, 4) is 0 Å². The van der Waals surface area contributed by atoms with Gasteiger partial charge in [-0.15, -0.1) is 0 Å². The number of rotatable bonds is 6. The van der Waals surface area contributed by atoms with E-state index in [-0.39, 0.29) is 17.1 Å². The molecule has 0 saturated heterocycles. The van der Waals surface area contributed by atoms with E-state index in [4.69, 9.17) is 0 Å². The highest BCUT2D eigenvalue weighted by atomic mass is 32.2. The zero-order chi connectivity index (χ0) is 16.2. The molecule has 0 saturated carbocycles. The monoisotopic (exact) mass is 324 g/mol. The molecule has 1 unspecified atom stereocenters. The van der Waals surface area contributed by atoms with E-state index >= 15 is 0 Å². The van der Waals surface area contributed by atoms with Crippen LogP contribution in [0.25, 0.3) is 0 Å². The van der Waals surface area contributed by atoms with E-state index in [1.807, 2.05) is 30.3 Å². The standard InChI is InChI=1S/C15H17FN2O3S/c1-11-7-15(16)17-9-14(11)22(20,21)18-13(10-19)8-12-5-3-2-4-6-12/h2-7,9,13,18-19H,8,10H2,1H3. The highest BCUT2D eigenvalue weighted by molar-refractivity contribution is 7.89. The van der Waals surface area contributed by atoms with E-state index in [0.29, 0.717) is 6.42 Å². The number of benzene rings is 1. The highest BCUT2D eigenvalue weighted by Crippen LogP contribution is 2.15. The Morgan fingerprint density at radius 2 is 2.00 bits per heavy atom. The summed E-state index contributed by atoms with van der Waals surface area (Å²) in [5, 5.41) is 9.41. The van der Waals surface area contributed by atoms with Gasteiger partial charge in [-0.05, 0) is 30.5 Å². The third kappa shape index (κ3) is 4.09. The summed E-state index contributed by atoms with van der Waals surface area (Å²) in [5.74, 6) is -0.737. The van der Waals surface area contributed by atoms with Crippen LogP contribution in [0.3, 0.4) is 0 Å². The van der Waals surface area contributed by atoms with Gasteiger partial charge < -0.3 is 5.11 Å². The summed E-state index contributed by atoms with van der Waals surface area (Å²) in [4.78, 5) is 3.28. The topological polar surface area (TPSA) is 79.3 Å². The first-order valence-corrected chi connectivity index (χ1v) is 8.20. The molecule has 2 N–H and O–H groups in total. The number of hydrogen-bond donors (Lipinski definition) is 2. The maximum absolute atomic E-state index is 13.0. The Bertz CT molecular complexity index is 736. The first-order chi connectivity index (χ1) is 10.4. The zero-order valence-corrected chi connectivity index (χ0v) is 12.8. The molecule has 7 heteroatoms. The minimum Gasteiger partial charge on any atom is -0.395 e. The van der Waals surface area contributed by atoms with Gasteiger partial charge in [0.1, 0.15) is 4.90 Å². The van der Waals surface area contributed by atoms with E-state index in [9.17, 15) is 17.9 Å². The molecule has 0 aliphatic heterocycles. The van der Waals surface area contributed by atoms with Gasteiger partial charge in [-0.1, -0.05) is 30.3 Å². The van der Waals surface area contributed by atoms with Crippen LogP contribution in [0, 0.1) is 12.9 Å². The van der Waals surface area contributed by atoms with Crippen LogP contribution >= 0.6 is 0 Å². The minimum absolute atomic E-state index is 0.0968. The number of aliphatic hydroxyl groups excluding tert-OH is 1. The van der Waals surface area contributed by atoms with Crippen LogP contribution in [-0.2, 0) is 16.4 Å². The summed E-state index contributed by atoms with van der Waals surface area (Å²) in [5.41, 5.74) is 1.16. The Hall–Kier alpha value is -1.83. The Kier molecular flexibility index (Phi) is 5.23. The molecule has 2 aromatic rings. The van der Waals surface area contributed by atoms with Gasteiger partial charge in [-0.3, -0.25) is 0 Å². The number of aliphatic hydroxyl groups is 1. The van der Waals surface area contributed by atoms with Gasteiger partial charge in [-0.25, -0.2) is 18.1 Å². The van der Waals surface area contributed by atoms with Crippen molar-refractivity contribution >= 4 is 10.0 Å². The van der Waals surface area contributed by atoms with Crippen LogP contribution < -0.4 is 4.72 Å². The molecule has 0 aliphatic rings. The summed E-state index contributed by atoms with van der Waals surface area (Å²) < 4.78 is 40.1. The molecule has 0 radical (unpaired) electrons. The van der Waals surface area contributed by atoms with Crippen LogP contribution in [0.1, 0.15) is 11.1 Å². The molecule has 1 aromatic carbocycles. The van der Waals surface area contributed by atoms with Gasteiger partial charge in [-0.2, -0.15) is 4.39 Å². The van der Waals surface area contributed by atoms with E-state index in [0.717, 1.165) is 17.8 Å². The molecule has 1 atom stereocenters. The number of sulfonamides is 1. The summed E-state index contributed by atoms with van der Waals surface area (Å²) in [6.45, 7) is 1.15. The fourth-order valence-electron chi connectivity index (χ4n) is 2.12. The Labute approximate surface area is 128 Å². The second-order valence-corrected chi connectivity index (χ2v) is 6.65. The molecule has 118 valence electrons. The van der Waals surface area contributed by atoms with Crippen molar-refractivity contribution in [1.82, 2.24) is 9.71 Å². The lowest BCUT2D eigenvalue weighted by Crippen LogP contribution is -2.39. The maximum atomic E-state index is 13.0. The fourth-order valence-corrected chi connectivity index (χ4v) is 3.51. The normalized spacial score (nSPS) is 13.0. The van der Waals surface area contributed by atoms with Crippen molar-refractivity contribution in [1.29, 1.82) is 0 Å². The molecule has 0 spiro atoms. The second-order valence-electron chi connectivity index (χ2n) is 4.96. The predicted molar refractivity (Wildman–Crippen MR) is 80.3 cm³/mol. The molecule has 0 amide bonds. The van der Waals surface area contributed by atoms with Gasteiger partial charge in [0.05, 0.1) is 12.8 Å². The summed E-state index contributed by atoms with van der Waals surface area (Å²) in [6, 6.07) is 9.62. The molecule has 0 aliphatic carbocycles. The molecular formula is C15H17FN2O3S. The van der Waals surface area contributed by atoms with Crippen LogP contribution in [0.4, 0.5) is 4.39 Å². The molecule has 1 heterocycles. The van der Waals surface area contributed by atoms with Crippen molar-refractivity contribution in [2.24, 2.45) is 0 Å². The van der Waals surface area contributed by atoms with Gasteiger partial charge in [0, 0.05) is 6.04 Å². The van der Waals surface area contributed by atoms with Crippen LogP contribution in [0.2, 0.25) is 0 Å². The average molecular weight is 324 g/mol. The first-order valence-electron chi connectivity index (χ1n) is 6.71. The molecule has 5 nitrogen and oxygen atoms in total. The van der Waals surface area contributed by atoms with E-state index in [2.05, 4.69) is 9.71 Å². The molecule has 0 fully saturated rings. The predicted octanol–water partition coefficient (Wildman–Crippen LogP) is 1.41. The summed E-state index contributed by atoms with van der Waals surface area (Å²) in [6.07, 6.45) is 1.33. The summed E-state index contributed by atoms with van der Waals surface area (Å²) >= 11 is 0. The third-order valence-corrected chi connectivity index (χ3v) is 4.84. The lowest BCUT2D eigenvalue weighted by Gasteiger charge is -2.17. The number of hydrogen-bond acceptors (Lipinski definition) is 4. The quantitative estimate of drug-likeness (QED) is 0.788.